The van der Waals surface area contributed by atoms with Crippen LogP contribution in [0.3, 0.4) is 0 Å². The number of benzene rings is 1. The number of nitrogens with zero attached hydrogens (tertiary/aromatic N) is 3. The lowest BCUT2D eigenvalue weighted by atomic mass is 10.2. The van der Waals surface area contributed by atoms with Gasteiger partial charge in [-0.25, -0.2) is 9.78 Å². The molecule has 0 atom stereocenters. The second-order valence-electron chi connectivity index (χ2n) is 7.01. The van der Waals surface area contributed by atoms with Gasteiger partial charge in [-0.05, 0) is 59.7 Å². The van der Waals surface area contributed by atoms with Gasteiger partial charge in [-0.2, -0.15) is 0 Å². The summed E-state index contributed by atoms with van der Waals surface area (Å²) in [6.07, 6.45) is 0. The summed E-state index contributed by atoms with van der Waals surface area (Å²) in [5.41, 5.74) is 1.72. The number of amides is 1. The van der Waals surface area contributed by atoms with E-state index in [1.807, 2.05) is 34.6 Å². The summed E-state index contributed by atoms with van der Waals surface area (Å²) in [5.74, 6) is -0.825. The highest BCUT2D eigenvalue weighted by molar-refractivity contribution is 5.94. The van der Waals surface area contributed by atoms with Crippen LogP contribution in [0.1, 0.15) is 50.7 Å². The van der Waals surface area contributed by atoms with Crippen LogP contribution in [0.5, 0.6) is 0 Å². The van der Waals surface area contributed by atoms with Gasteiger partial charge in [0.05, 0.1) is 16.6 Å². The molecule has 7 heteroatoms. The molecular weight excluding hydrogens is 346 g/mol. The maximum absolute atomic E-state index is 12.4. The summed E-state index contributed by atoms with van der Waals surface area (Å²) in [7, 11) is 0. The third-order valence-electron chi connectivity index (χ3n) is 4.39. The lowest BCUT2D eigenvalue weighted by Gasteiger charge is -2.30. The Hall–Kier alpha value is -2.70. The number of carbonyl (C=O) groups excluding carboxylic acids is 2. The zero-order chi connectivity index (χ0) is 20.3. The van der Waals surface area contributed by atoms with Crippen molar-refractivity contribution in [3.63, 3.8) is 0 Å². The van der Waals surface area contributed by atoms with E-state index in [9.17, 15) is 14.4 Å². The fourth-order valence-electron chi connectivity index (χ4n) is 3.27. The van der Waals surface area contributed by atoms with Crippen molar-refractivity contribution in [3.05, 3.63) is 39.8 Å². The average molecular weight is 373 g/mol. The number of esters is 1. The Kier molecular flexibility index (Phi) is 6.36. The summed E-state index contributed by atoms with van der Waals surface area (Å²) in [6, 6.07) is 4.90. The fourth-order valence-corrected chi connectivity index (χ4v) is 3.27. The van der Waals surface area contributed by atoms with Crippen molar-refractivity contribution in [3.8, 4) is 0 Å². The first-order valence-electron chi connectivity index (χ1n) is 9.16. The minimum Gasteiger partial charge on any atom is -0.452 e. The molecule has 0 saturated carbocycles. The zero-order valence-electron chi connectivity index (χ0n) is 16.8. The van der Waals surface area contributed by atoms with Crippen LogP contribution in [0.15, 0.2) is 23.0 Å². The van der Waals surface area contributed by atoms with Crippen molar-refractivity contribution >= 4 is 22.9 Å². The number of hydrogen-bond donors (Lipinski definition) is 0. The predicted molar refractivity (Wildman–Crippen MR) is 104 cm³/mol. The lowest BCUT2D eigenvalue weighted by molar-refractivity contribution is -0.138. The van der Waals surface area contributed by atoms with Gasteiger partial charge < -0.3 is 14.2 Å². The normalized spacial score (nSPS) is 11.3. The summed E-state index contributed by atoms with van der Waals surface area (Å²) in [6.45, 7) is 11.4. The Balaban J connectivity index is 2.22. The second kappa shape index (κ2) is 8.33. The molecule has 0 N–H and O–H groups in total. The molecule has 0 aliphatic carbocycles. The number of carbonyl (C=O) groups is 2. The van der Waals surface area contributed by atoms with Crippen molar-refractivity contribution in [2.24, 2.45) is 0 Å². The largest absolute Gasteiger partial charge is 0.452 e. The second-order valence-corrected chi connectivity index (χ2v) is 7.01. The SMILES string of the molecule is CCn1c(=O)c(C)nc2cc(C(=O)OCC(=O)N(C(C)C)C(C)C)ccc21. The van der Waals surface area contributed by atoms with Gasteiger partial charge in [0, 0.05) is 18.6 Å². The molecule has 1 aromatic carbocycles. The molecule has 0 fully saturated rings. The van der Waals surface area contributed by atoms with E-state index in [1.54, 1.807) is 34.6 Å². The average Bonchev–Trinajstić information content (AvgIpc) is 2.59. The molecule has 1 amide bonds. The van der Waals surface area contributed by atoms with Crippen LogP contribution in [0.25, 0.3) is 11.0 Å². The van der Waals surface area contributed by atoms with E-state index >= 15 is 0 Å². The maximum Gasteiger partial charge on any atom is 0.338 e. The number of hydrogen-bond acceptors (Lipinski definition) is 5. The van der Waals surface area contributed by atoms with Crippen LogP contribution >= 0.6 is 0 Å². The van der Waals surface area contributed by atoms with Gasteiger partial charge in [-0.15, -0.1) is 0 Å². The minimum absolute atomic E-state index is 0.0230. The van der Waals surface area contributed by atoms with Crippen molar-refractivity contribution in [1.82, 2.24) is 14.5 Å². The monoisotopic (exact) mass is 373 g/mol. The first kappa shape index (κ1) is 20.6. The Bertz CT molecular complexity index is 907. The van der Waals surface area contributed by atoms with Crippen LogP contribution in [0.2, 0.25) is 0 Å². The van der Waals surface area contributed by atoms with E-state index in [0.29, 0.717) is 28.8 Å². The molecule has 1 aromatic heterocycles. The number of rotatable bonds is 6. The van der Waals surface area contributed by atoms with Crippen LogP contribution in [-0.2, 0) is 16.1 Å². The van der Waals surface area contributed by atoms with Gasteiger partial charge in [0.25, 0.3) is 11.5 Å². The molecule has 2 aromatic rings. The van der Waals surface area contributed by atoms with E-state index in [1.165, 1.54) is 0 Å². The molecule has 0 radical (unpaired) electrons. The molecule has 1 heterocycles. The highest BCUT2D eigenvalue weighted by Crippen LogP contribution is 2.15. The molecule has 7 nitrogen and oxygen atoms in total. The summed E-state index contributed by atoms with van der Waals surface area (Å²) in [4.78, 5) is 42.8. The first-order valence-corrected chi connectivity index (χ1v) is 9.16. The number of ether oxygens (including phenoxy) is 1. The van der Waals surface area contributed by atoms with E-state index in [0.717, 1.165) is 0 Å². The van der Waals surface area contributed by atoms with Crippen LogP contribution in [0, 0.1) is 6.92 Å². The fraction of sp³-hybridized carbons (Fsp3) is 0.500. The van der Waals surface area contributed by atoms with Crippen LogP contribution in [0.4, 0.5) is 0 Å². The molecule has 146 valence electrons. The first-order chi connectivity index (χ1) is 12.7. The third-order valence-corrected chi connectivity index (χ3v) is 4.39. The lowest BCUT2D eigenvalue weighted by Crippen LogP contribution is -2.44. The Morgan fingerprint density at radius 1 is 1.19 bits per heavy atom. The summed E-state index contributed by atoms with van der Waals surface area (Å²) >= 11 is 0. The van der Waals surface area contributed by atoms with E-state index < -0.39 is 5.97 Å². The predicted octanol–water partition coefficient (Wildman–Crippen LogP) is 2.53. The minimum atomic E-state index is -0.591. The Labute approximate surface area is 158 Å². The molecule has 0 aliphatic heterocycles. The Morgan fingerprint density at radius 3 is 2.37 bits per heavy atom. The van der Waals surface area contributed by atoms with Crippen LogP contribution < -0.4 is 5.56 Å². The van der Waals surface area contributed by atoms with Gasteiger partial charge in [0.15, 0.2) is 6.61 Å². The molecular formula is C20H27N3O4. The molecule has 0 saturated heterocycles. The van der Waals surface area contributed by atoms with Crippen LogP contribution in [-0.4, -0.2) is 45.0 Å². The van der Waals surface area contributed by atoms with Gasteiger partial charge in [-0.1, -0.05) is 0 Å². The van der Waals surface area contributed by atoms with Gasteiger partial charge in [0.1, 0.15) is 5.69 Å². The number of fused-ring (bicyclic) bond motifs is 1. The van der Waals surface area contributed by atoms with Gasteiger partial charge in [-0.3, -0.25) is 9.59 Å². The van der Waals surface area contributed by atoms with Crippen molar-refractivity contribution in [2.75, 3.05) is 6.61 Å². The third kappa shape index (κ3) is 4.35. The van der Waals surface area contributed by atoms with Crippen molar-refractivity contribution in [2.45, 2.75) is 60.2 Å². The summed E-state index contributed by atoms with van der Waals surface area (Å²) < 4.78 is 6.81. The molecule has 0 aliphatic rings. The highest BCUT2D eigenvalue weighted by atomic mass is 16.5. The van der Waals surface area contributed by atoms with Crippen molar-refractivity contribution < 1.29 is 14.3 Å². The van der Waals surface area contributed by atoms with E-state index in [4.69, 9.17) is 4.74 Å². The van der Waals surface area contributed by atoms with E-state index in [-0.39, 0.29) is 30.2 Å². The number of aryl methyl sites for hydroxylation is 2. The maximum atomic E-state index is 12.4. The van der Waals surface area contributed by atoms with E-state index in [2.05, 4.69) is 4.98 Å². The van der Waals surface area contributed by atoms with Crippen molar-refractivity contribution in [1.29, 1.82) is 0 Å². The zero-order valence-corrected chi connectivity index (χ0v) is 16.8. The highest BCUT2D eigenvalue weighted by Gasteiger charge is 2.22. The molecule has 0 spiro atoms. The Morgan fingerprint density at radius 2 is 1.81 bits per heavy atom. The van der Waals surface area contributed by atoms with Gasteiger partial charge >= 0.3 is 5.97 Å². The standard InChI is InChI=1S/C20H27N3O4/c1-7-22-17-9-8-15(10-16(17)21-14(6)19(22)25)20(26)27-11-18(24)23(12(2)3)13(4)5/h8-10,12-13H,7,11H2,1-6H3. The molecule has 2 rings (SSSR count). The topological polar surface area (TPSA) is 81.5 Å². The molecule has 27 heavy (non-hydrogen) atoms. The number of aromatic nitrogens is 2. The molecule has 0 unspecified atom stereocenters. The summed E-state index contributed by atoms with van der Waals surface area (Å²) in [5, 5.41) is 0. The molecule has 0 bridgehead atoms. The van der Waals surface area contributed by atoms with Gasteiger partial charge in [0.2, 0.25) is 0 Å². The smallest absolute Gasteiger partial charge is 0.338 e. The quantitative estimate of drug-likeness (QED) is 0.727.